The van der Waals surface area contributed by atoms with Crippen LogP contribution in [0, 0.1) is 4.91 Å². The Hall–Kier alpha value is -3.77. The molecule has 3 aromatic rings. The Morgan fingerprint density at radius 3 is 2.21 bits per heavy atom. The van der Waals surface area contributed by atoms with Crippen LogP contribution in [-0.4, -0.2) is 56.2 Å². The van der Waals surface area contributed by atoms with Crippen molar-refractivity contribution >= 4 is 23.7 Å². The number of carbonyl (C=O) groups is 1. The van der Waals surface area contributed by atoms with E-state index in [2.05, 4.69) is 10.5 Å². The quantitative estimate of drug-likeness (QED) is 0.163. The molecule has 42 heavy (non-hydrogen) atoms. The number of benzene rings is 3. The third-order valence-corrected chi connectivity index (χ3v) is 8.96. The summed E-state index contributed by atoms with van der Waals surface area (Å²) in [5.41, 5.74) is 0.742. The molecule has 0 saturated heterocycles. The second-order valence-corrected chi connectivity index (χ2v) is 12.9. The molecular formula is C28H34N3O9PS. The summed E-state index contributed by atoms with van der Waals surface area (Å²) in [7, 11) is -6.40. The van der Waals surface area contributed by atoms with Gasteiger partial charge in [0.2, 0.25) is 10.0 Å². The van der Waals surface area contributed by atoms with E-state index in [9.17, 15) is 27.6 Å². The van der Waals surface area contributed by atoms with Crippen molar-refractivity contribution in [3.63, 3.8) is 0 Å². The number of nitrogens with one attached hydrogen (secondary N) is 1. The summed E-state index contributed by atoms with van der Waals surface area (Å²) in [5.74, 6) is 1.09. The molecule has 0 aliphatic heterocycles. The van der Waals surface area contributed by atoms with Crippen molar-refractivity contribution in [3.05, 3.63) is 89.3 Å². The lowest BCUT2D eigenvalue weighted by molar-refractivity contribution is 0.243. The van der Waals surface area contributed by atoms with Gasteiger partial charge < -0.3 is 24.2 Å². The summed E-state index contributed by atoms with van der Waals surface area (Å²) in [4.78, 5) is 32.8. The van der Waals surface area contributed by atoms with Crippen molar-refractivity contribution in [2.45, 2.75) is 37.1 Å². The number of hydrogen-bond acceptors (Lipinski definition) is 8. The van der Waals surface area contributed by atoms with Gasteiger partial charge in [-0.1, -0.05) is 37.3 Å². The molecule has 0 aliphatic carbocycles. The minimum absolute atomic E-state index is 0.0837. The van der Waals surface area contributed by atoms with Crippen molar-refractivity contribution in [2.75, 3.05) is 26.5 Å². The molecule has 0 fully saturated rings. The molecule has 14 heteroatoms. The summed E-state index contributed by atoms with van der Waals surface area (Å²) >= 11 is 0. The molecule has 0 saturated carbocycles. The Morgan fingerprint density at radius 2 is 1.62 bits per heavy atom. The molecule has 0 bridgehead atoms. The van der Waals surface area contributed by atoms with E-state index in [1.165, 1.54) is 23.5 Å². The van der Waals surface area contributed by atoms with E-state index in [4.69, 9.17) is 14.0 Å². The summed E-state index contributed by atoms with van der Waals surface area (Å²) in [6, 6.07) is 19.2. The highest BCUT2D eigenvalue weighted by Crippen LogP contribution is 2.42. The van der Waals surface area contributed by atoms with E-state index >= 15 is 0 Å². The molecule has 2 atom stereocenters. The molecule has 0 heterocycles. The first-order valence-electron chi connectivity index (χ1n) is 13.1. The monoisotopic (exact) mass is 619 g/mol. The van der Waals surface area contributed by atoms with Crippen LogP contribution in [0.4, 0.5) is 4.79 Å². The Labute approximate surface area is 245 Å². The van der Waals surface area contributed by atoms with Crippen molar-refractivity contribution in [2.24, 2.45) is 5.18 Å². The fourth-order valence-corrected chi connectivity index (χ4v) is 6.42. The Balaban J connectivity index is 1.65. The summed E-state index contributed by atoms with van der Waals surface area (Å²) < 4.78 is 56.0. The number of carbonyl (C=O) groups excluding carboxylic acids is 1. The van der Waals surface area contributed by atoms with Crippen molar-refractivity contribution < 1.29 is 36.7 Å². The van der Waals surface area contributed by atoms with Crippen molar-refractivity contribution in [1.82, 2.24) is 9.62 Å². The highest BCUT2D eigenvalue weighted by atomic mass is 32.2. The van der Waals surface area contributed by atoms with Crippen LogP contribution in [-0.2, 0) is 21.0 Å². The highest BCUT2D eigenvalue weighted by molar-refractivity contribution is 7.89. The smallest absolute Gasteiger partial charge is 0.413 e. The molecule has 226 valence electrons. The average molecular weight is 620 g/mol. The lowest BCUT2D eigenvalue weighted by Gasteiger charge is -2.25. The number of hydrogen-bond donors (Lipinski definition) is 2. The fraction of sp³-hybridized carbons (Fsp3) is 0.321. The predicted octanol–water partition coefficient (Wildman–Crippen LogP) is 5.17. The minimum Gasteiger partial charge on any atom is -0.497 e. The van der Waals surface area contributed by atoms with Crippen LogP contribution in [0.5, 0.6) is 17.2 Å². The van der Waals surface area contributed by atoms with Gasteiger partial charge in [-0.25, -0.2) is 17.8 Å². The number of methoxy groups -OCH3 is 1. The van der Waals surface area contributed by atoms with E-state index in [1.807, 2.05) is 6.92 Å². The largest absolute Gasteiger partial charge is 0.497 e. The zero-order valence-electron chi connectivity index (χ0n) is 23.3. The van der Waals surface area contributed by atoms with Crippen LogP contribution < -0.4 is 19.3 Å². The van der Waals surface area contributed by atoms with Crippen molar-refractivity contribution in [3.8, 4) is 17.2 Å². The molecule has 0 spiro atoms. The highest BCUT2D eigenvalue weighted by Gasteiger charge is 2.26. The first-order chi connectivity index (χ1) is 20.1. The number of para-hydroxylation sites is 1. The third-order valence-electron chi connectivity index (χ3n) is 6.10. The standard InChI is InChI=1S/C28H34N3O9PS/c1-3-18-31(42(36,37)27-15-13-24(38-2)14-16-27)19-17-23(29-28(32)30-33)20-22-9-11-25(12-10-22)39-21-41(34,35)40-26-7-5-4-6-8-26/h4-16,23H,3,17-21H2,1-2H3,(H,29,32)(H,34,35)/t23-/m1/s1. The molecular weight excluding hydrogens is 585 g/mol. The number of nitrogens with zero attached hydrogens (tertiary/aromatic N) is 2. The lowest BCUT2D eigenvalue weighted by atomic mass is 10.0. The van der Waals surface area contributed by atoms with E-state index in [0.29, 0.717) is 17.9 Å². The van der Waals surface area contributed by atoms with E-state index in [1.54, 1.807) is 66.7 Å². The number of urea groups is 1. The third kappa shape index (κ3) is 9.95. The normalized spacial score (nSPS) is 13.5. The predicted molar refractivity (Wildman–Crippen MR) is 157 cm³/mol. The average Bonchev–Trinajstić information content (AvgIpc) is 2.99. The molecule has 3 rings (SSSR count). The van der Waals surface area contributed by atoms with Gasteiger partial charge in [0.05, 0.1) is 12.0 Å². The molecule has 3 aromatic carbocycles. The summed E-state index contributed by atoms with van der Waals surface area (Å²) in [6.45, 7) is 2.20. The van der Waals surface area contributed by atoms with Gasteiger partial charge in [-0.2, -0.15) is 4.31 Å². The molecule has 0 radical (unpaired) electrons. The summed E-state index contributed by atoms with van der Waals surface area (Å²) in [6.07, 6.45) is 0.473. The molecule has 0 aromatic heterocycles. The van der Waals surface area contributed by atoms with Crippen LogP contribution in [0.2, 0.25) is 0 Å². The Bertz CT molecular complexity index is 1450. The molecule has 0 aliphatic rings. The van der Waals surface area contributed by atoms with Gasteiger partial charge in [0.1, 0.15) is 17.2 Å². The zero-order valence-corrected chi connectivity index (χ0v) is 25.0. The van der Waals surface area contributed by atoms with Gasteiger partial charge in [0, 0.05) is 24.3 Å². The number of sulfonamides is 1. The van der Waals surface area contributed by atoms with Gasteiger partial charge in [-0.05, 0) is 73.4 Å². The number of rotatable bonds is 16. The first kappa shape index (κ1) is 32.7. The maximum Gasteiger partial charge on any atom is 0.413 e. The number of amides is 2. The zero-order chi connectivity index (χ0) is 30.6. The van der Waals surface area contributed by atoms with E-state index in [0.717, 1.165) is 5.56 Å². The van der Waals surface area contributed by atoms with Gasteiger partial charge >= 0.3 is 13.6 Å². The Morgan fingerprint density at radius 1 is 0.976 bits per heavy atom. The molecule has 2 N–H and O–H groups in total. The topological polar surface area (TPSA) is 161 Å². The van der Waals surface area contributed by atoms with Crippen LogP contribution >= 0.6 is 7.60 Å². The van der Waals surface area contributed by atoms with E-state index < -0.39 is 36.0 Å². The molecule has 2 amide bonds. The molecule has 12 nitrogen and oxygen atoms in total. The van der Waals surface area contributed by atoms with Crippen molar-refractivity contribution in [1.29, 1.82) is 0 Å². The minimum atomic E-state index is -4.07. The lowest BCUT2D eigenvalue weighted by Crippen LogP contribution is -2.40. The fourth-order valence-electron chi connectivity index (χ4n) is 4.06. The number of nitroso groups, excluding NO2 is 1. The van der Waals surface area contributed by atoms with Crippen LogP contribution in [0.1, 0.15) is 25.3 Å². The van der Waals surface area contributed by atoms with Gasteiger partial charge in [-0.15, -0.1) is 4.91 Å². The van der Waals surface area contributed by atoms with Crippen LogP contribution in [0.25, 0.3) is 0 Å². The second-order valence-electron chi connectivity index (χ2n) is 9.27. The van der Waals surface area contributed by atoms with Gasteiger partial charge in [0.25, 0.3) is 0 Å². The maximum absolute atomic E-state index is 13.3. The van der Waals surface area contributed by atoms with Gasteiger partial charge in [-0.3, -0.25) is 0 Å². The van der Waals surface area contributed by atoms with Gasteiger partial charge in [0.15, 0.2) is 6.35 Å². The van der Waals surface area contributed by atoms with Crippen LogP contribution in [0.3, 0.4) is 0 Å². The Kier molecular flexibility index (Phi) is 12.0. The number of ether oxygens (including phenoxy) is 2. The molecule has 1 unspecified atom stereocenters. The van der Waals surface area contributed by atoms with E-state index in [-0.39, 0.29) is 36.6 Å². The van der Waals surface area contributed by atoms with Crippen LogP contribution in [0.15, 0.2) is 88.9 Å². The SMILES string of the molecule is CCCN(CC[C@H](Cc1ccc(OCP(=O)(O)Oc2ccccc2)cc1)NC(=O)N=O)S(=O)(=O)c1ccc(OC)cc1. The summed E-state index contributed by atoms with van der Waals surface area (Å²) in [5, 5.41) is 4.94. The maximum atomic E-state index is 13.3. The first-order valence-corrected chi connectivity index (χ1v) is 16.3. The second kappa shape index (κ2) is 15.5.